The van der Waals surface area contributed by atoms with Crippen LogP contribution in [0.1, 0.15) is 37.8 Å². The Labute approximate surface area is 117 Å². The third-order valence-corrected chi connectivity index (χ3v) is 4.78. The fourth-order valence-electron chi connectivity index (χ4n) is 2.63. The van der Waals surface area contributed by atoms with E-state index in [0.29, 0.717) is 6.04 Å². The Hall–Kier alpha value is -0.230. The van der Waals surface area contributed by atoms with Crippen LogP contribution in [-0.4, -0.2) is 39.7 Å². The van der Waals surface area contributed by atoms with Crippen molar-refractivity contribution in [3.8, 4) is 0 Å². The number of piperidine rings is 1. The highest BCUT2D eigenvalue weighted by atomic mass is 35.5. The first-order chi connectivity index (χ1) is 8.83. The molecule has 18 heavy (non-hydrogen) atoms. The summed E-state index contributed by atoms with van der Waals surface area (Å²) in [5, 5.41) is 7.75. The van der Waals surface area contributed by atoms with Crippen LogP contribution in [0.2, 0.25) is 4.34 Å². The van der Waals surface area contributed by atoms with E-state index in [2.05, 4.69) is 19.8 Å². The van der Waals surface area contributed by atoms with E-state index in [-0.39, 0.29) is 0 Å². The molecule has 1 aromatic heterocycles. The fourth-order valence-corrected chi connectivity index (χ4v) is 3.24. The maximum Gasteiger partial charge on any atom is 0.138 e. The summed E-state index contributed by atoms with van der Waals surface area (Å²) in [6.07, 6.45) is 6.62. The largest absolute Gasteiger partial charge is 0.313 e. The van der Waals surface area contributed by atoms with Gasteiger partial charge in [0.1, 0.15) is 10.0 Å². The highest BCUT2D eigenvalue weighted by molar-refractivity contribution is 7.10. The standard InChI is InChI=1S/C12H19ClN4S/c13-12-11(15-16-18-12)8-17(10-4-5-10)7-9-3-1-2-6-14-9/h9-10,14H,1-8H2. The molecule has 2 heterocycles. The maximum atomic E-state index is 6.10. The van der Waals surface area contributed by atoms with E-state index in [1.54, 1.807) is 0 Å². The molecular weight excluding hydrogens is 268 g/mol. The Morgan fingerprint density at radius 1 is 1.33 bits per heavy atom. The van der Waals surface area contributed by atoms with Gasteiger partial charge in [0.05, 0.1) is 0 Å². The minimum Gasteiger partial charge on any atom is -0.313 e. The molecule has 6 heteroatoms. The molecule has 0 aromatic carbocycles. The topological polar surface area (TPSA) is 41.1 Å². The summed E-state index contributed by atoms with van der Waals surface area (Å²) in [7, 11) is 0. The zero-order chi connectivity index (χ0) is 12.4. The molecule has 2 fully saturated rings. The summed E-state index contributed by atoms with van der Waals surface area (Å²) in [6.45, 7) is 3.15. The van der Waals surface area contributed by atoms with Crippen molar-refractivity contribution in [1.29, 1.82) is 0 Å². The second-order valence-electron chi connectivity index (χ2n) is 5.30. The molecule has 1 saturated heterocycles. The van der Waals surface area contributed by atoms with Gasteiger partial charge in [0.25, 0.3) is 0 Å². The molecule has 1 aliphatic heterocycles. The quantitative estimate of drug-likeness (QED) is 0.902. The summed E-state index contributed by atoms with van der Waals surface area (Å²) < 4.78 is 4.67. The van der Waals surface area contributed by atoms with Gasteiger partial charge < -0.3 is 5.32 Å². The van der Waals surface area contributed by atoms with E-state index in [1.807, 2.05) is 0 Å². The zero-order valence-corrected chi connectivity index (χ0v) is 12.0. The molecule has 0 amide bonds. The molecule has 1 aromatic rings. The molecule has 1 aliphatic carbocycles. The number of nitrogens with one attached hydrogen (secondary N) is 1. The van der Waals surface area contributed by atoms with Gasteiger partial charge in [-0.2, -0.15) is 0 Å². The molecule has 1 saturated carbocycles. The highest BCUT2D eigenvalue weighted by Gasteiger charge is 2.31. The molecule has 100 valence electrons. The van der Waals surface area contributed by atoms with Crippen LogP contribution in [0.3, 0.4) is 0 Å². The normalized spacial score (nSPS) is 24.7. The van der Waals surface area contributed by atoms with Crippen LogP contribution in [-0.2, 0) is 6.54 Å². The third kappa shape index (κ3) is 3.20. The number of rotatable bonds is 5. The molecule has 1 N–H and O–H groups in total. The van der Waals surface area contributed by atoms with E-state index >= 15 is 0 Å². The van der Waals surface area contributed by atoms with Gasteiger partial charge in [-0.1, -0.05) is 22.5 Å². The lowest BCUT2D eigenvalue weighted by molar-refractivity contribution is 0.206. The average Bonchev–Trinajstić information content (AvgIpc) is 3.16. The van der Waals surface area contributed by atoms with Crippen LogP contribution >= 0.6 is 23.1 Å². The van der Waals surface area contributed by atoms with Crippen LogP contribution in [0.25, 0.3) is 0 Å². The first-order valence-electron chi connectivity index (χ1n) is 6.77. The fraction of sp³-hybridized carbons (Fsp3) is 0.833. The van der Waals surface area contributed by atoms with Crippen LogP contribution in [0.5, 0.6) is 0 Å². The van der Waals surface area contributed by atoms with E-state index < -0.39 is 0 Å². The lowest BCUT2D eigenvalue weighted by Crippen LogP contribution is -2.44. The monoisotopic (exact) mass is 286 g/mol. The van der Waals surface area contributed by atoms with E-state index in [0.717, 1.165) is 29.2 Å². The summed E-state index contributed by atoms with van der Waals surface area (Å²) in [5.74, 6) is 0. The first-order valence-corrected chi connectivity index (χ1v) is 7.92. The molecule has 4 nitrogen and oxygen atoms in total. The molecule has 0 radical (unpaired) electrons. The van der Waals surface area contributed by atoms with Crippen LogP contribution < -0.4 is 5.32 Å². The van der Waals surface area contributed by atoms with Crippen LogP contribution in [0.4, 0.5) is 0 Å². The predicted molar refractivity (Wildman–Crippen MR) is 74.0 cm³/mol. The van der Waals surface area contributed by atoms with Crippen molar-refractivity contribution in [2.24, 2.45) is 0 Å². The van der Waals surface area contributed by atoms with Crippen molar-refractivity contribution in [3.05, 3.63) is 10.0 Å². The Morgan fingerprint density at radius 2 is 2.22 bits per heavy atom. The highest BCUT2D eigenvalue weighted by Crippen LogP contribution is 2.30. The smallest absolute Gasteiger partial charge is 0.138 e. The van der Waals surface area contributed by atoms with Gasteiger partial charge in [-0.3, -0.25) is 4.90 Å². The molecule has 1 unspecified atom stereocenters. The first kappa shape index (κ1) is 12.8. The third-order valence-electron chi connectivity index (χ3n) is 3.79. The number of nitrogens with zero attached hydrogens (tertiary/aromatic N) is 3. The number of hydrogen-bond acceptors (Lipinski definition) is 5. The van der Waals surface area contributed by atoms with Gasteiger partial charge in [0.15, 0.2) is 0 Å². The van der Waals surface area contributed by atoms with Crippen molar-refractivity contribution in [3.63, 3.8) is 0 Å². The number of hydrogen-bond donors (Lipinski definition) is 1. The lowest BCUT2D eigenvalue weighted by Gasteiger charge is -2.30. The van der Waals surface area contributed by atoms with Crippen molar-refractivity contribution in [1.82, 2.24) is 19.8 Å². The molecular formula is C12H19ClN4S. The van der Waals surface area contributed by atoms with Crippen molar-refractivity contribution in [2.45, 2.75) is 50.7 Å². The summed E-state index contributed by atoms with van der Waals surface area (Å²) >= 11 is 7.39. The van der Waals surface area contributed by atoms with Gasteiger partial charge in [0.2, 0.25) is 0 Å². The van der Waals surface area contributed by atoms with Crippen molar-refractivity contribution < 1.29 is 0 Å². The predicted octanol–water partition coefficient (Wildman–Crippen LogP) is 2.30. The number of aromatic nitrogens is 2. The van der Waals surface area contributed by atoms with Crippen LogP contribution in [0, 0.1) is 0 Å². The minimum absolute atomic E-state index is 0.643. The Balaban J connectivity index is 1.59. The SMILES string of the molecule is Clc1snnc1CN(CC1CCCCN1)C1CC1. The Kier molecular flexibility index (Phi) is 4.13. The van der Waals surface area contributed by atoms with Gasteiger partial charge in [0, 0.05) is 36.7 Å². The molecule has 2 aliphatic rings. The maximum absolute atomic E-state index is 6.10. The van der Waals surface area contributed by atoms with Gasteiger partial charge in [-0.05, 0) is 32.2 Å². The summed E-state index contributed by atoms with van der Waals surface area (Å²) in [6, 6.07) is 1.39. The van der Waals surface area contributed by atoms with Gasteiger partial charge in [-0.25, -0.2) is 0 Å². The molecule has 0 spiro atoms. The summed E-state index contributed by atoms with van der Waals surface area (Å²) in [4.78, 5) is 2.53. The second-order valence-corrected chi connectivity index (χ2v) is 6.66. The van der Waals surface area contributed by atoms with E-state index in [9.17, 15) is 0 Å². The number of halogens is 1. The Morgan fingerprint density at radius 3 is 2.83 bits per heavy atom. The minimum atomic E-state index is 0.643. The molecule has 3 rings (SSSR count). The van der Waals surface area contributed by atoms with Crippen molar-refractivity contribution in [2.75, 3.05) is 13.1 Å². The van der Waals surface area contributed by atoms with E-state index in [1.165, 1.54) is 50.2 Å². The molecule has 0 bridgehead atoms. The summed E-state index contributed by atoms with van der Waals surface area (Å²) in [5.41, 5.74) is 0.948. The molecule has 1 atom stereocenters. The lowest BCUT2D eigenvalue weighted by atomic mass is 10.0. The van der Waals surface area contributed by atoms with Crippen molar-refractivity contribution >= 4 is 23.1 Å². The zero-order valence-electron chi connectivity index (χ0n) is 10.4. The average molecular weight is 287 g/mol. The van der Waals surface area contributed by atoms with Gasteiger partial charge >= 0.3 is 0 Å². The van der Waals surface area contributed by atoms with Crippen LogP contribution in [0.15, 0.2) is 0 Å². The van der Waals surface area contributed by atoms with E-state index in [4.69, 9.17) is 11.6 Å². The second kappa shape index (κ2) is 5.82. The van der Waals surface area contributed by atoms with Gasteiger partial charge in [-0.15, -0.1) is 5.10 Å². The Bertz CT molecular complexity index is 387.